The van der Waals surface area contributed by atoms with E-state index in [9.17, 15) is 9.90 Å². The fourth-order valence-corrected chi connectivity index (χ4v) is 7.76. The number of carbonyl (C=O) groups is 1. The lowest BCUT2D eigenvalue weighted by atomic mass is 9.40. The van der Waals surface area contributed by atoms with Gasteiger partial charge in [0.2, 0.25) is 0 Å². The zero-order valence-corrected chi connectivity index (χ0v) is 16.3. The van der Waals surface area contributed by atoms with Gasteiger partial charge >= 0.3 is 5.97 Å². The summed E-state index contributed by atoms with van der Waals surface area (Å²) in [6.07, 6.45) is 10.6. The van der Waals surface area contributed by atoms with Gasteiger partial charge in [-0.25, -0.2) is 0 Å². The van der Waals surface area contributed by atoms with Crippen LogP contribution in [0.2, 0.25) is 0 Å². The summed E-state index contributed by atoms with van der Waals surface area (Å²) in [6.45, 7) is 8.83. The number of rotatable bonds is 2. The summed E-state index contributed by atoms with van der Waals surface area (Å²) < 4.78 is 6.00. The van der Waals surface area contributed by atoms with Crippen molar-refractivity contribution in [1.82, 2.24) is 0 Å². The first-order valence-corrected chi connectivity index (χ1v) is 10.2. The molecule has 3 nitrogen and oxygen atoms in total. The number of carbonyl (C=O) groups excluding carboxylic acids is 1. The van der Waals surface area contributed by atoms with Gasteiger partial charge in [0.25, 0.3) is 0 Å². The van der Waals surface area contributed by atoms with Crippen LogP contribution in [-0.2, 0) is 9.53 Å². The van der Waals surface area contributed by atoms with Gasteiger partial charge in [0.1, 0.15) is 6.10 Å². The van der Waals surface area contributed by atoms with E-state index in [0.29, 0.717) is 17.8 Å². The second-order valence-electron chi connectivity index (χ2n) is 10.1. The Morgan fingerprint density at radius 3 is 2.72 bits per heavy atom. The first-order chi connectivity index (χ1) is 11.7. The predicted octanol–water partition coefficient (Wildman–Crippen LogP) is 4.49. The maximum Gasteiger partial charge on any atom is 0.302 e. The molecule has 2 bridgehead atoms. The van der Waals surface area contributed by atoms with Crippen molar-refractivity contribution in [2.45, 2.75) is 78.7 Å². The Morgan fingerprint density at radius 1 is 1.28 bits per heavy atom. The van der Waals surface area contributed by atoms with E-state index in [0.717, 1.165) is 12.8 Å². The molecule has 0 saturated heterocycles. The van der Waals surface area contributed by atoms with Gasteiger partial charge in [0.15, 0.2) is 0 Å². The topological polar surface area (TPSA) is 46.5 Å². The fourth-order valence-electron chi connectivity index (χ4n) is 7.76. The van der Waals surface area contributed by atoms with Crippen LogP contribution in [0.25, 0.3) is 0 Å². The summed E-state index contributed by atoms with van der Waals surface area (Å²) >= 11 is 0. The molecule has 0 aromatic heterocycles. The molecule has 4 aliphatic rings. The fraction of sp³-hybridized carbons (Fsp3) is 0.864. The number of aliphatic hydroxyl groups is 1. The van der Waals surface area contributed by atoms with Crippen LogP contribution in [0.15, 0.2) is 11.6 Å². The highest BCUT2D eigenvalue weighted by atomic mass is 16.5. The summed E-state index contributed by atoms with van der Waals surface area (Å²) in [7, 11) is 0. The van der Waals surface area contributed by atoms with Crippen molar-refractivity contribution in [2.24, 2.45) is 34.0 Å². The third-order valence-electron chi connectivity index (χ3n) is 8.81. The van der Waals surface area contributed by atoms with Crippen molar-refractivity contribution in [2.75, 3.05) is 6.61 Å². The minimum absolute atomic E-state index is 0.0164. The van der Waals surface area contributed by atoms with Crippen LogP contribution in [0.1, 0.15) is 72.6 Å². The zero-order chi connectivity index (χ0) is 18.0. The van der Waals surface area contributed by atoms with E-state index in [1.54, 1.807) is 6.92 Å². The van der Waals surface area contributed by atoms with Crippen LogP contribution < -0.4 is 0 Å². The Labute approximate surface area is 152 Å². The summed E-state index contributed by atoms with van der Waals surface area (Å²) in [5, 5.41) is 10.2. The van der Waals surface area contributed by atoms with Gasteiger partial charge in [0.05, 0.1) is 0 Å². The predicted molar refractivity (Wildman–Crippen MR) is 97.8 cm³/mol. The average Bonchev–Trinajstić information content (AvgIpc) is 2.79. The van der Waals surface area contributed by atoms with Gasteiger partial charge in [-0.15, -0.1) is 0 Å². The van der Waals surface area contributed by atoms with Crippen LogP contribution in [0.3, 0.4) is 0 Å². The van der Waals surface area contributed by atoms with Gasteiger partial charge in [-0.05, 0) is 74.0 Å². The molecule has 140 valence electrons. The molecule has 0 aromatic rings. The number of hydrogen-bond acceptors (Lipinski definition) is 3. The van der Waals surface area contributed by atoms with E-state index in [2.05, 4.69) is 26.8 Å². The molecule has 4 aliphatic carbocycles. The third kappa shape index (κ3) is 2.30. The van der Waals surface area contributed by atoms with E-state index in [4.69, 9.17) is 4.74 Å². The van der Waals surface area contributed by atoms with E-state index in [1.165, 1.54) is 37.7 Å². The van der Waals surface area contributed by atoms with Crippen molar-refractivity contribution < 1.29 is 14.6 Å². The molecule has 3 heteroatoms. The maximum absolute atomic E-state index is 11.9. The standard InChI is InChI=1S/C22H34O3/c1-14-11-22-12-16(14)6-7-17(22)21(4)9-5-8-20(3,13-23)18(21)10-19(22)25-15(2)24/h11,16-19,23H,5-10,12-13H2,1-4H3/t16-,17+,18-,19+,20-,21+,22-/m1/s1. The quantitative estimate of drug-likeness (QED) is 0.592. The molecule has 0 heterocycles. The highest BCUT2D eigenvalue weighted by Crippen LogP contribution is 2.71. The Kier molecular flexibility index (Phi) is 3.92. The second-order valence-corrected chi connectivity index (χ2v) is 10.1. The normalized spacial score (nSPS) is 51.3. The molecule has 0 aliphatic heterocycles. The van der Waals surface area contributed by atoms with Crippen LogP contribution >= 0.6 is 0 Å². The zero-order valence-electron chi connectivity index (χ0n) is 16.3. The van der Waals surface area contributed by atoms with Crippen molar-refractivity contribution in [1.29, 1.82) is 0 Å². The molecule has 3 fully saturated rings. The first-order valence-electron chi connectivity index (χ1n) is 10.2. The van der Waals surface area contributed by atoms with Gasteiger partial charge in [0, 0.05) is 18.9 Å². The lowest BCUT2D eigenvalue weighted by Gasteiger charge is -2.65. The molecular formula is C22H34O3. The lowest BCUT2D eigenvalue weighted by Crippen LogP contribution is -2.62. The van der Waals surface area contributed by atoms with Gasteiger partial charge < -0.3 is 9.84 Å². The van der Waals surface area contributed by atoms with Crippen molar-refractivity contribution in [3.05, 3.63) is 11.6 Å². The van der Waals surface area contributed by atoms with Gasteiger partial charge in [-0.3, -0.25) is 4.79 Å². The summed E-state index contributed by atoms with van der Waals surface area (Å²) in [5.41, 5.74) is 1.76. The van der Waals surface area contributed by atoms with E-state index in [1.807, 2.05) is 0 Å². The van der Waals surface area contributed by atoms with Crippen LogP contribution in [0.5, 0.6) is 0 Å². The lowest BCUT2D eigenvalue weighted by molar-refractivity contribution is -0.208. The molecule has 1 spiro atoms. The smallest absolute Gasteiger partial charge is 0.302 e. The number of esters is 1. The van der Waals surface area contributed by atoms with E-state index < -0.39 is 0 Å². The molecule has 0 radical (unpaired) electrons. The number of hydrogen-bond donors (Lipinski definition) is 1. The highest BCUT2D eigenvalue weighted by molar-refractivity contribution is 5.66. The summed E-state index contributed by atoms with van der Waals surface area (Å²) in [5.74, 6) is 1.54. The minimum atomic E-state index is -0.150. The first kappa shape index (κ1) is 17.6. The molecule has 7 atom stereocenters. The molecule has 4 rings (SSSR count). The molecule has 25 heavy (non-hydrogen) atoms. The Balaban J connectivity index is 1.81. The molecule has 0 aromatic carbocycles. The number of aliphatic hydroxyl groups excluding tert-OH is 1. The SMILES string of the molecule is CC(=O)O[C@H]1C[C@@H]2[C@@](C)(CO)CCC[C@@]2(C)[C@@H]2CC[C@@H]3C[C@@]12C=C3C. The van der Waals surface area contributed by atoms with Crippen molar-refractivity contribution >= 4 is 5.97 Å². The van der Waals surface area contributed by atoms with Gasteiger partial charge in [-0.1, -0.05) is 31.9 Å². The number of ether oxygens (including phenoxy) is 1. The Hall–Kier alpha value is -0.830. The molecular weight excluding hydrogens is 312 g/mol. The van der Waals surface area contributed by atoms with Crippen LogP contribution in [0, 0.1) is 34.0 Å². The van der Waals surface area contributed by atoms with Crippen LogP contribution in [-0.4, -0.2) is 23.8 Å². The maximum atomic E-state index is 11.9. The highest BCUT2D eigenvalue weighted by Gasteiger charge is 2.66. The number of fused-ring (bicyclic) bond motifs is 3. The van der Waals surface area contributed by atoms with E-state index >= 15 is 0 Å². The number of allylic oxidation sites excluding steroid dienone is 1. The van der Waals surface area contributed by atoms with Crippen molar-refractivity contribution in [3.8, 4) is 0 Å². The molecule has 1 N–H and O–H groups in total. The molecule has 3 saturated carbocycles. The van der Waals surface area contributed by atoms with Crippen LogP contribution in [0.4, 0.5) is 0 Å². The Bertz CT molecular complexity index is 610. The van der Waals surface area contributed by atoms with Gasteiger partial charge in [-0.2, -0.15) is 0 Å². The van der Waals surface area contributed by atoms with E-state index in [-0.39, 0.29) is 34.9 Å². The minimum Gasteiger partial charge on any atom is -0.462 e. The molecule has 0 amide bonds. The summed E-state index contributed by atoms with van der Waals surface area (Å²) in [4.78, 5) is 11.9. The second kappa shape index (κ2) is 5.58. The monoisotopic (exact) mass is 346 g/mol. The Morgan fingerprint density at radius 2 is 2.04 bits per heavy atom. The third-order valence-corrected chi connectivity index (χ3v) is 8.81. The average molecular weight is 347 g/mol. The molecule has 0 unspecified atom stereocenters. The van der Waals surface area contributed by atoms with Crippen molar-refractivity contribution in [3.63, 3.8) is 0 Å². The largest absolute Gasteiger partial charge is 0.462 e. The summed E-state index contributed by atoms with van der Waals surface area (Å²) in [6, 6.07) is 0.